The summed E-state index contributed by atoms with van der Waals surface area (Å²) in [6.07, 6.45) is 2.67. The Bertz CT molecular complexity index is 999. The topological polar surface area (TPSA) is 86.5 Å². The van der Waals surface area contributed by atoms with Gasteiger partial charge >= 0.3 is 0 Å². The lowest BCUT2D eigenvalue weighted by Crippen LogP contribution is -2.24. The van der Waals surface area contributed by atoms with E-state index >= 15 is 0 Å². The Hall–Kier alpha value is -3.35. The summed E-state index contributed by atoms with van der Waals surface area (Å²) in [5.74, 6) is 1.62. The number of pyridine rings is 1. The third kappa shape index (κ3) is 3.69. The lowest BCUT2D eigenvalue weighted by Gasteiger charge is -2.08. The van der Waals surface area contributed by atoms with E-state index in [1.54, 1.807) is 18.3 Å². The molecule has 3 heterocycles. The van der Waals surface area contributed by atoms with Crippen molar-refractivity contribution in [1.82, 2.24) is 15.5 Å². The average molecular weight is 379 g/mol. The zero-order valence-corrected chi connectivity index (χ0v) is 15.8. The van der Waals surface area contributed by atoms with Crippen molar-refractivity contribution in [2.75, 3.05) is 6.61 Å². The summed E-state index contributed by atoms with van der Waals surface area (Å²) in [6.45, 7) is 4.58. The highest BCUT2D eigenvalue weighted by Gasteiger charge is 2.20. The number of fused-ring (bicyclic) bond motifs is 1. The van der Waals surface area contributed by atoms with Crippen LogP contribution in [0.4, 0.5) is 0 Å². The first kappa shape index (κ1) is 18.0. The Morgan fingerprint density at radius 2 is 2.21 bits per heavy atom. The standard InChI is InChI=1S/C21H21N3O4/c1-3-26-21-17(5-4-8-22-21)20(25)23-12-16-11-19(28-24-16)14-6-7-18-15(10-14)9-13(2)27-18/h4-8,10-11,13H,3,9,12H2,1-2H3,(H,23,25). The van der Waals surface area contributed by atoms with Gasteiger partial charge in [-0.25, -0.2) is 4.98 Å². The number of amides is 1. The van der Waals surface area contributed by atoms with Crippen LogP contribution >= 0.6 is 0 Å². The van der Waals surface area contributed by atoms with E-state index in [1.807, 2.05) is 32.0 Å². The largest absolute Gasteiger partial charge is 0.490 e. The second-order valence-corrected chi connectivity index (χ2v) is 6.61. The monoisotopic (exact) mass is 379 g/mol. The van der Waals surface area contributed by atoms with Crippen molar-refractivity contribution in [2.45, 2.75) is 32.9 Å². The first-order valence-corrected chi connectivity index (χ1v) is 9.25. The van der Waals surface area contributed by atoms with Gasteiger partial charge in [-0.3, -0.25) is 4.79 Å². The van der Waals surface area contributed by atoms with E-state index in [0.29, 0.717) is 29.5 Å². The van der Waals surface area contributed by atoms with E-state index in [9.17, 15) is 4.79 Å². The Balaban J connectivity index is 1.43. The van der Waals surface area contributed by atoms with Crippen molar-refractivity contribution in [3.05, 3.63) is 59.4 Å². The van der Waals surface area contributed by atoms with Gasteiger partial charge in [0, 0.05) is 24.2 Å². The van der Waals surface area contributed by atoms with Crippen LogP contribution in [-0.2, 0) is 13.0 Å². The van der Waals surface area contributed by atoms with Crippen LogP contribution in [0.15, 0.2) is 47.1 Å². The van der Waals surface area contributed by atoms with Crippen LogP contribution in [-0.4, -0.2) is 28.8 Å². The Labute approximate surface area is 162 Å². The van der Waals surface area contributed by atoms with Gasteiger partial charge < -0.3 is 19.3 Å². The molecule has 0 saturated heterocycles. The summed E-state index contributed by atoms with van der Waals surface area (Å²) in [7, 11) is 0. The molecule has 1 aliphatic heterocycles. The molecule has 1 N–H and O–H groups in total. The lowest BCUT2D eigenvalue weighted by molar-refractivity contribution is 0.0945. The number of rotatable bonds is 6. The molecule has 0 aliphatic carbocycles. The third-order valence-corrected chi connectivity index (χ3v) is 4.47. The second kappa shape index (κ2) is 7.72. The summed E-state index contributed by atoms with van der Waals surface area (Å²) in [6, 6.07) is 11.2. The van der Waals surface area contributed by atoms with Gasteiger partial charge in [0.2, 0.25) is 5.88 Å². The number of carbonyl (C=O) groups is 1. The number of nitrogens with zero attached hydrogens (tertiary/aromatic N) is 2. The zero-order valence-electron chi connectivity index (χ0n) is 15.8. The van der Waals surface area contributed by atoms with Crippen molar-refractivity contribution in [2.24, 2.45) is 0 Å². The fourth-order valence-corrected chi connectivity index (χ4v) is 3.19. The molecule has 0 fully saturated rings. The van der Waals surface area contributed by atoms with Crippen LogP contribution in [0.5, 0.6) is 11.6 Å². The van der Waals surface area contributed by atoms with Crippen LogP contribution in [0.3, 0.4) is 0 Å². The van der Waals surface area contributed by atoms with Crippen molar-refractivity contribution < 1.29 is 18.8 Å². The quantitative estimate of drug-likeness (QED) is 0.706. The fraction of sp³-hybridized carbons (Fsp3) is 0.286. The smallest absolute Gasteiger partial charge is 0.257 e. The Morgan fingerprint density at radius 1 is 1.32 bits per heavy atom. The van der Waals surface area contributed by atoms with Gasteiger partial charge in [-0.2, -0.15) is 0 Å². The Morgan fingerprint density at radius 3 is 3.07 bits per heavy atom. The molecule has 1 unspecified atom stereocenters. The minimum Gasteiger partial charge on any atom is -0.490 e. The molecule has 0 radical (unpaired) electrons. The van der Waals surface area contributed by atoms with E-state index in [1.165, 1.54) is 0 Å². The molecule has 1 atom stereocenters. The molecule has 2 aromatic heterocycles. The van der Waals surface area contributed by atoms with E-state index in [0.717, 1.165) is 23.3 Å². The number of benzene rings is 1. The maximum absolute atomic E-state index is 12.4. The van der Waals surface area contributed by atoms with Gasteiger partial charge in [0.15, 0.2) is 5.76 Å². The van der Waals surface area contributed by atoms with Crippen LogP contribution in [0.25, 0.3) is 11.3 Å². The van der Waals surface area contributed by atoms with Gasteiger partial charge in [0.25, 0.3) is 5.91 Å². The zero-order chi connectivity index (χ0) is 19.5. The molecule has 0 saturated carbocycles. The SMILES string of the molecule is CCOc1ncccc1C(=O)NCc1cc(-c2ccc3c(c2)CC(C)O3)on1. The molecule has 1 aromatic carbocycles. The predicted molar refractivity (Wildman–Crippen MR) is 102 cm³/mol. The van der Waals surface area contributed by atoms with Gasteiger partial charge in [0.05, 0.1) is 13.2 Å². The molecule has 1 aliphatic rings. The average Bonchev–Trinajstić information content (AvgIpc) is 3.31. The summed E-state index contributed by atoms with van der Waals surface area (Å²) in [4.78, 5) is 16.5. The van der Waals surface area contributed by atoms with Gasteiger partial charge in [0.1, 0.15) is 23.1 Å². The molecule has 1 amide bonds. The molecule has 0 spiro atoms. The molecular weight excluding hydrogens is 358 g/mol. The molecule has 7 heteroatoms. The van der Waals surface area contributed by atoms with E-state index in [2.05, 4.69) is 21.5 Å². The number of carbonyl (C=O) groups excluding carboxylic acids is 1. The number of nitrogens with one attached hydrogen (secondary N) is 1. The number of ether oxygens (including phenoxy) is 2. The van der Waals surface area contributed by atoms with E-state index in [4.69, 9.17) is 14.0 Å². The Kier molecular flexibility index (Phi) is 4.97. The first-order valence-electron chi connectivity index (χ1n) is 9.25. The number of hydrogen-bond donors (Lipinski definition) is 1. The van der Waals surface area contributed by atoms with Crippen LogP contribution < -0.4 is 14.8 Å². The second-order valence-electron chi connectivity index (χ2n) is 6.61. The van der Waals surface area contributed by atoms with E-state index in [-0.39, 0.29) is 18.6 Å². The van der Waals surface area contributed by atoms with E-state index < -0.39 is 0 Å². The summed E-state index contributed by atoms with van der Waals surface area (Å²) >= 11 is 0. The van der Waals surface area contributed by atoms with Gasteiger partial charge in [-0.1, -0.05) is 5.16 Å². The highest BCUT2D eigenvalue weighted by atomic mass is 16.5. The van der Waals surface area contributed by atoms with Crippen molar-refractivity contribution >= 4 is 5.91 Å². The van der Waals surface area contributed by atoms with Gasteiger partial charge in [-0.15, -0.1) is 0 Å². The van der Waals surface area contributed by atoms with Crippen LogP contribution in [0.2, 0.25) is 0 Å². The molecule has 0 bridgehead atoms. The molecule has 144 valence electrons. The lowest BCUT2D eigenvalue weighted by atomic mass is 10.1. The van der Waals surface area contributed by atoms with Crippen molar-refractivity contribution in [3.63, 3.8) is 0 Å². The van der Waals surface area contributed by atoms with Gasteiger partial charge in [-0.05, 0) is 49.7 Å². The molecule has 4 rings (SSSR count). The molecule has 28 heavy (non-hydrogen) atoms. The summed E-state index contributed by atoms with van der Waals surface area (Å²) in [5, 5.41) is 6.88. The minimum absolute atomic E-state index is 0.194. The predicted octanol–water partition coefficient (Wildman–Crippen LogP) is 3.39. The summed E-state index contributed by atoms with van der Waals surface area (Å²) < 4.78 is 16.6. The maximum atomic E-state index is 12.4. The van der Waals surface area contributed by atoms with Crippen LogP contribution in [0, 0.1) is 0 Å². The van der Waals surface area contributed by atoms with Crippen molar-refractivity contribution in [1.29, 1.82) is 0 Å². The maximum Gasteiger partial charge on any atom is 0.257 e. The number of aromatic nitrogens is 2. The molecular formula is C21H21N3O4. The molecule has 7 nitrogen and oxygen atoms in total. The first-order chi connectivity index (χ1) is 13.6. The fourth-order valence-electron chi connectivity index (χ4n) is 3.19. The summed E-state index contributed by atoms with van der Waals surface area (Å²) in [5.41, 5.74) is 3.12. The molecule has 3 aromatic rings. The van der Waals surface area contributed by atoms with Crippen LogP contribution in [0.1, 0.15) is 35.5 Å². The van der Waals surface area contributed by atoms with Crippen molar-refractivity contribution in [3.8, 4) is 23.0 Å². The third-order valence-electron chi connectivity index (χ3n) is 4.47. The highest BCUT2D eigenvalue weighted by molar-refractivity contribution is 5.96. The minimum atomic E-state index is -0.273. The normalized spacial score (nSPS) is 15.0. The number of hydrogen-bond acceptors (Lipinski definition) is 6. The highest BCUT2D eigenvalue weighted by Crippen LogP contribution is 2.33.